The lowest BCUT2D eigenvalue weighted by Crippen LogP contribution is -2.30. The Morgan fingerprint density at radius 1 is 1.23 bits per heavy atom. The van der Waals surface area contributed by atoms with Gasteiger partial charge in [0, 0.05) is 29.7 Å². The summed E-state index contributed by atoms with van der Waals surface area (Å²) in [7, 11) is 1.39. The smallest absolute Gasteiger partial charge is 0.305 e. The van der Waals surface area contributed by atoms with Gasteiger partial charge in [-0.3, -0.25) is 9.78 Å². The summed E-state index contributed by atoms with van der Waals surface area (Å²) >= 11 is 11.6. The second kappa shape index (κ2) is 9.49. The van der Waals surface area contributed by atoms with Crippen LogP contribution in [0.4, 0.5) is 0 Å². The van der Waals surface area contributed by atoms with Crippen LogP contribution in [0.1, 0.15) is 36.4 Å². The van der Waals surface area contributed by atoms with Crippen LogP contribution in [0, 0.1) is 0 Å². The van der Waals surface area contributed by atoms with Crippen molar-refractivity contribution in [1.82, 2.24) is 15.2 Å². The molecule has 2 aromatic heterocycles. The maximum atomic E-state index is 11.6. The number of pyridine rings is 1. The van der Waals surface area contributed by atoms with Crippen molar-refractivity contribution in [1.29, 1.82) is 0 Å². The molecule has 0 radical (unpaired) electrons. The monoisotopic (exact) mass is 455 g/mol. The van der Waals surface area contributed by atoms with E-state index in [1.54, 1.807) is 6.20 Å². The van der Waals surface area contributed by atoms with Gasteiger partial charge in [-0.1, -0.05) is 17.7 Å². The van der Waals surface area contributed by atoms with Gasteiger partial charge in [0.2, 0.25) is 0 Å². The summed E-state index contributed by atoms with van der Waals surface area (Å²) in [5.41, 5.74) is 1.81. The summed E-state index contributed by atoms with van der Waals surface area (Å²) in [5.74, 6) is 1.28. The van der Waals surface area contributed by atoms with Gasteiger partial charge in [-0.05, 0) is 67.2 Å². The highest BCUT2D eigenvalue weighted by molar-refractivity contribution is 7.80. The lowest BCUT2D eigenvalue weighted by molar-refractivity contribution is -0.140. The molecule has 0 saturated carbocycles. The summed E-state index contributed by atoms with van der Waals surface area (Å²) in [5, 5.41) is 4.66. The van der Waals surface area contributed by atoms with Crippen molar-refractivity contribution < 1.29 is 13.9 Å². The molecule has 31 heavy (non-hydrogen) atoms. The first-order valence-electron chi connectivity index (χ1n) is 9.97. The molecule has 2 atom stereocenters. The second-order valence-corrected chi connectivity index (χ2v) is 8.03. The molecule has 1 saturated heterocycles. The number of ether oxygens (including phenoxy) is 1. The molecular formula is C23H22ClN3O3S. The minimum Gasteiger partial charge on any atom is -0.469 e. The zero-order valence-electron chi connectivity index (χ0n) is 17.0. The average molecular weight is 456 g/mol. The fraction of sp³-hybridized carbons (Fsp3) is 0.261. The number of aromatic nitrogens is 1. The molecule has 160 valence electrons. The minimum absolute atomic E-state index is 0.170. The number of furan rings is 1. The fourth-order valence-electron chi connectivity index (χ4n) is 3.73. The number of hydrogen-bond acceptors (Lipinski definition) is 5. The van der Waals surface area contributed by atoms with E-state index in [4.69, 9.17) is 33.0 Å². The van der Waals surface area contributed by atoms with Crippen LogP contribution in [-0.4, -0.2) is 34.6 Å². The number of esters is 1. The van der Waals surface area contributed by atoms with Gasteiger partial charge in [0.15, 0.2) is 5.11 Å². The van der Waals surface area contributed by atoms with E-state index in [-0.39, 0.29) is 18.1 Å². The van der Waals surface area contributed by atoms with E-state index in [1.165, 1.54) is 7.11 Å². The number of nitrogens with zero attached hydrogens (tertiary/aromatic N) is 2. The molecule has 1 aliphatic rings. The van der Waals surface area contributed by atoms with E-state index >= 15 is 0 Å². The maximum absolute atomic E-state index is 11.6. The standard InChI is InChI=1S/C23H22ClN3O3S/c1-29-20(28)6-4-14-27-22(21(26-23(27)31)17-5-2-3-13-25-17)19-12-11-18(30-19)15-7-9-16(24)10-8-15/h2-3,5,7-13,21-22H,4,6,14H2,1H3,(H,26,31)/t21-,22+/m0/s1. The number of halogens is 1. The first-order chi connectivity index (χ1) is 15.1. The van der Waals surface area contributed by atoms with Crippen LogP contribution in [-0.2, 0) is 9.53 Å². The largest absolute Gasteiger partial charge is 0.469 e. The molecule has 1 aromatic carbocycles. The summed E-state index contributed by atoms with van der Waals surface area (Å²) in [6.07, 6.45) is 2.70. The lowest BCUT2D eigenvalue weighted by Gasteiger charge is -2.25. The van der Waals surface area contributed by atoms with Crippen LogP contribution in [0.2, 0.25) is 5.02 Å². The van der Waals surface area contributed by atoms with E-state index in [2.05, 4.69) is 15.2 Å². The Morgan fingerprint density at radius 3 is 2.74 bits per heavy atom. The molecule has 3 aromatic rings. The van der Waals surface area contributed by atoms with Crippen molar-refractivity contribution in [2.24, 2.45) is 0 Å². The number of carbonyl (C=O) groups excluding carboxylic acids is 1. The fourth-order valence-corrected chi connectivity index (χ4v) is 4.19. The molecular weight excluding hydrogens is 434 g/mol. The Morgan fingerprint density at radius 2 is 2.03 bits per heavy atom. The molecule has 1 fully saturated rings. The van der Waals surface area contributed by atoms with Crippen molar-refractivity contribution in [3.05, 3.63) is 77.3 Å². The lowest BCUT2D eigenvalue weighted by atomic mass is 10.0. The number of hydrogen-bond donors (Lipinski definition) is 1. The molecule has 0 spiro atoms. The van der Waals surface area contributed by atoms with Crippen LogP contribution in [0.5, 0.6) is 0 Å². The van der Waals surface area contributed by atoms with E-state index < -0.39 is 0 Å². The highest BCUT2D eigenvalue weighted by Gasteiger charge is 2.41. The summed E-state index contributed by atoms with van der Waals surface area (Å²) in [6.45, 7) is 0.589. The number of benzene rings is 1. The van der Waals surface area contributed by atoms with Crippen LogP contribution < -0.4 is 5.32 Å². The van der Waals surface area contributed by atoms with Gasteiger partial charge < -0.3 is 19.4 Å². The van der Waals surface area contributed by atoms with Gasteiger partial charge in [0.1, 0.15) is 17.6 Å². The Kier molecular flexibility index (Phi) is 6.53. The van der Waals surface area contributed by atoms with E-state index in [1.807, 2.05) is 54.6 Å². The molecule has 0 aliphatic carbocycles. The highest BCUT2D eigenvalue weighted by atomic mass is 35.5. The summed E-state index contributed by atoms with van der Waals surface area (Å²) in [4.78, 5) is 18.1. The molecule has 0 unspecified atom stereocenters. The Bertz CT molecular complexity index is 1060. The number of thiocarbonyl (C=S) groups is 1. The normalized spacial score (nSPS) is 18.1. The summed E-state index contributed by atoms with van der Waals surface area (Å²) < 4.78 is 11.0. The van der Waals surface area contributed by atoms with Crippen LogP contribution in [0.15, 0.2) is 65.2 Å². The van der Waals surface area contributed by atoms with Crippen LogP contribution in [0.25, 0.3) is 11.3 Å². The number of carbonyl (C=O) groups is 1. The number of nitrogens with one attached hydrogen (secondary N) is 1. The first kappa shape index (κ1) is 21.3. The van der Waals surface area contributed by atoms with Gasteiger partial charge in [0.25, 0.3) is 0 Å². The maximum Gasteiger partial charge on any atom is 0.305 e. The van der Waals surface area contributed by atoms with E-state index in [0.29, 0.717) is 29.5 Å². The highest BCUT2D eigenvalue weighted by Crippen LogP contribution is 2.40. The SMILES string of the molecule is COC(=O)CCCN1C(=S)N[C@@H](c2ccccn2)[C@H]1c1ccc(-c2ccc(Cl)cc2)o1. The van der Waals surface area contributed by atoms with Gasteiger partial charge in [0.05, 0.1) is 18.8 Å². The van der Waals surface area contributed by atoms with Gasteiger partial charge >= 0.3 is 5.97 Å². The number of rotatable bonds is 7. The Balaban J connectivity index is 1.64. The zero-order chi connectivity index (χ0) is 21.8. The topological polar surface area (TPSA) is 67.6 Å². The average Bonchev–Trinajstić information content (AvgIpc) is 3.39. The molecule has 8 heteroatoms. The quantitative estimate of drug-likeness (QED) is 0.400. The second-order valence-electron chi connectivity index (χ2n) is 7.21. The molecule has 0 bridgehead atoms. The molecule has 6 nitrogen and oxygen atoms in total. The molecule has 0 amide bonds. The van der Waals surface area contributed by atoms with E-state index in [9.17, 15) is 4.79 Å². The van der Waals surface area contributed by atoms with Gasteiger partial charge in [-0.2, -0.15) is 0 Å². The zero-order valence-corrected chi connectivity index (χ0v) is 18.5. The third kappa shape index (κ3) is 4.73. The van der Waals surface area contributed by atoms with Gasteiger partial charge in [-0.15, -0.1) is 0 Å². The first-order valence-corrected chi connectivity index (χ1v) is 10.8. The number of methoxy groups -OCH3 is 1. The summed E-state index contributed by atoms with van der Waals surface area (Å²) in [6, 6.07) is 16.9. The molecule has 3 heterocycles. The molecule has 1 N–H and O–H groups in total. The molecule has 1 aliphatic heterocycles. The Labute approximate surface area is 191 Å². The third-order valence-corrected chi connectivity index (χ3v) is 5.86. The van der Waals surface area contributed by atoms with Crippen LogP contribution in [0.3, 0.4) is 0 Å². The van der Waals surface area contributed by atoms with Crippen molar-refractivity contribution in [2.75, 3.05) is 13.7 Å². The van der Waals surface area contributed by atoms with Crippen molar-refractivity contribution in [3.8, 4) is 11.3 Å². The van der Waals surface area contributed by atoms with Crippen molar-refractivity contribution >= 4 is 34.9 Å². The molecule has 4 rings (SSSR count). The Hall–Kier alpha value is -2.90. The van der Waals surface area contributed by atoms with E-state index in [0.717, 1.165) is 22.8 Å². The van der Waals surface area contributed by atoms with Crippen molar-refractivity contribution in [3.63, 3.8) is 0 Å². The predicted molar refractivity (Wildman–Crippen MR) is 123 cm³/mol. The minimum atomic E-state index is -0.237. The van der Waals surface area contributed by atoms with Gasteiger partial charge in [-0.25, -0.2) is 0 Å². The third-order valence-electron chi connectivity index (χ3n) is 5.25. The van der Waals surface area contributed by atoms with Crippen molar-refractivity contribution in [2.45, 2.75) is 24.9 Å². The van der Waals surface area contributed by atoms with Crippen LogP contribution >= 0.6 is 23.8 Å². The predicted octanol–water partition coefficient (Wildman–Crippen LogP) is 4.92.